The lowest BCUT2D eigenvalue weighted by Crippen LogP contribution is -2.48. The molecule has 0 bridgehead atoms. The highest BCUT2D eigenvalue weighted by Gasteiger charge is 2.54. The normalized spacial score (nSPS) is 25.4. The smallest absolute Gasteiger partial charge is 0.252 e. The summed E-state index contributed by atoms with van der Waals surface area (Å²) < 4.78 is 20.7. The maximum atomic E-state index is 15.3. The SMILES string of the molecule is O=C(C1CCO1)N1CC2(CC2)C[C@@H]1Cc1cccc(-c2ccccc2)c1F. The van der Waals surface area contributed by atoms with Crippen LogP contribution in [0.3, 0.4) is 0 Å². The zero-order valence-electron chi connectivity index (χ0n) is 15.4. The fourth-order valence-corrected chi connectivity index (χ4v) is 4.59. The van der Waals surface area contributed by atoms with Crippen molar-refractivity contribution in [2.45, 2.75) is 44.2 Å². The number of carbonyl (C=O) groups excluding carboxylic acids is 1. The van der Waals surface area contributed by atoms with Crippen molar-refractivity contribution in [2.24, 2.45) is 5.41 Å². The van der Waals surface area contributed by atoms with Crippen LogP contribution in [0, 0.1) is 11.2 Å². The van der Waals surface area contributed by atoms with E-state index in [1.165, 1.54) is 12.8 Å². The lowest BCUT2D eigenvalue weighted by Gasteiger charge is -2.33. The average molecular weight is 365 g/mol. The molecule has 0 aromatic heterocycles. The standard InChI is InChI=1S/C23H24FNO2/c24-21-17(7-4-8-19(21)16-5-2-1-3-6-16)13-18-14-23(10-11-23)15-25(18)22(26)20-9-12-27-20/h1-8,18,20H,9-15H2/t18-,20?/m0/s1. The Labute approximate surface area is 159 Å². The summed E-state index contributed by atoms with van der Waals surface area (Å²) in [5.41, 5.74) is 2.51. The molecular weight excluding hydrogens is 341 g/mol. The monoisotopic (exact) mass is 365 g/mol. The molecule has 2 heterocycles. The minimum atomic E-state index is -0.276. The van der Waals surface area contributed by atoms with Crippen molar-refractivity contribution in [3.05, 3.63) is 59.9 Å². The molecular formula is C23H24FNO2. The Morgan fingerprint density at radius 3 is 2.59 bits per heavy atom. The Bertz CT molecular complexity index is 858. The summed E-state index contributed by atoms with van der Waals surface area (Å²) in [5.74, 6) is -0.0533. The van der Waals surface area contributed by atoms with Crippen LogP contribution in [0.25, 0.3) is 11.1 Å². The summed E-state index contributed by atoms with van der Waals surface area (Å²) in [6.07, 6.45) is 4.47. The molecule has 3 aliphatic rings. The van der Waals surface area contributed by atoms with E-state index < -0.39 is 0 Å². The predicted octanol–water partition coefficient (Wildman–Crippen LogP) is 4.21. The van der Waals surface area contributed by atoms with Gasteiger partial charge in [-0.3, -0.25) is 4.79 Å². The Hall–Kier alpha value is -2.20. The fraction of sp³-hybridized carbons (Fsp3) is 0.435. The number of benzene rings is 2. The lowest BCUT2D eigenvalue weighted by molar-refractivity contribution is -0.157. The van der Waals surface area contributed by atoms with E-state index in [1.54, 1.807) is 0 Å². The number of hydrogen-bond donors (Lipinski definition) is 0. The second-order valence-corrected chi connectivity index (χ2v) is 8.32. The highest BCUT2D eigenvalue weighted by atomic mass is 19.1. The highest BCUT2D eigenvalue weighted by molar-refractivity contribution is 5.82. The van der Waals surface area contributed by atoms with Gasteiger partial charge in [0.1, 0.15) is 11.9 Å². The molecule has 2 aromatic rings. The summed E-state index contributed by atoms with van der Waals surface area (Å²) in [6.45, 7) is 1.49. The molecule has 2 saturated heterocycles. The van der Waals surface area contributed by atoms with Crippen LogP contribution in [0.15, 0.2) is 48.5 Å². The van der Waals surface area contributed by atoms with Crippen LogP contribution >= 0.6 is 0 Å². The molecule has 1 saturated carbocycles. The van der Waals surface area contributed by atoms with Crippen molar-refractivity contribution in [1.29, 1.82) is 0 Å². The van der Waals surface area contributed by atoms with Crippen LogP contribution < -0.4 is 0 Å². The van der Waals surface area contributed by atoms with Crippen molar-refractivity contribution >= 4 is 5.91 Å². The van der Waals surface area contributed by atoms with E-state index in [0.717, 1.165) is 24.9 Å². The third-order valence-electron chi connectivity index (χ3n) is 6.45. The second kappa shape index (κ2) is 6.45. The maximum Gasteiger partial charge on any atom is 0.252 e. The van der Waals surface area contributed by atoms with E-state index in [9.17, 15) is 4.79 Å². The van der Waals surface area contributed by atoms with E-state index >= 15 is 4.39 Å². The molecule has 3 fully saturated rings. The molecule has 2 atom stereocenters. The predicted molar refractivity (Wildman–Crippen MR) is 102 cm³/mol. The van der Waals surface area contributed by atoms with Crippen LogP contribution in [0.2, 0.25) is 0 Å². The molecule has 0 N–H and O–H groups in total. The molecule has 4 heteroatoms. The first-order valence-electron chi connectivity index (χ1n) is 9.90. The van der Waals surface area contributed by atoms with Gasteiger partial charge < -0.3 is 9.64 Å². The summed E-state index contributed by atoms with van der Waals surface area (Å²) in [6, 6.07) is 15.3. The van der Waals surface area contributed by atoms with Crippen LogP contribution in [0.1, 0.15) is 31.2 Å². The van der Waals surface area contributed by atoms with E-state index in [1.807, 2.05) is 53.4 Å². The van der Waals surface area contributed by atoms with Crippen molar-refractivity contribution in [2.75, 3.05) is 13.2 Å². The van der Waals surface area contributed by atoms with Gasteiger partial charge in [0.25, 0.3) is 5.91 Å². The Morgan fingerprint density at radius 1 is 1.15 bits per heavy atom. The molecule has 1 amide bonds. The van der Waals surface area contributed by atoms with E-state index in [4.69, 9.17) is 4.74 Å². The fourth-order valence-electron chi connectivity index (χ4n) is 4.59. The molecule has 3 nitrogen and oxygen atoms in total. The van der Waals surface area contributed by atoms with Gasteiger partial charge in [0.2, 0.25) is 0 Å². The summed E-state index contributed by atoms with van der Waals surface area (Å²) in [5, 5.41) is 0. The molecule has 1 aliphatic carbocycles. The number of ether oxygens (including phenoxy) is 1. The highest BCUT2D eigenvalue weighted by Crippen LogP contribution is 2.55. The van der Waals surface area contributed by atoms with Gasteiger partial charge in [-0.15, -0.1) is 0 Å². The molecule has 0 radical (unpaired) electrons. The minimum absolute atomic E-state index is 0.0738. The van der Waals surface area contributed by atoms with Crippen LogP contribution in [0.4, 0.5) is 4.39 Å². The molecule has 2 aliphatic heterocycles. The quantitative estimate of drug-likeness (QED) is 0.812. The van der Waals surface area contributed by atoms with Crippen molar-refractivity contribution in [3.8, 4) is 11.1 Å². The van der Waals surface area contributed by atoms with E-state index in [2.05, 4.69) is 0 Å². The molecule has 5 rings (SSSR count). The Balaban J connectivity index is 1.41. The lowest BCUT2D eigenvalue weighted by atomic mass is 9.95. The summed E-state index contributed by atoms with van der Waals surface area (Å²) in [7, 11) is 0. The third-order valence-corrected chi connectivity index (χ3v) is 6.45. The van der Waals surface area contributed by atoms with E-state index in [-0.39, 0.29) is 29.3 Å². The molecule has 27 heavy (non-hydrogen) atoms. The Morgan fingerprint density at radius 2 is 1.93 bits per heavy atom. The van der Waals surface area contributed by atoms with Gasteiger partial charge in [0.05, 0.1) is 6.61 Å². The topological polar surface area (TPSA) is 29.5 Å². The number of halogens is 1. The van der Waals surface area contributed by atoms with Crippen molar-refractivity contribution in [3.63, 3.8) is 0 Å². The largest absolute Gasteiger partial charge is 0.368 e. The minimum Gasteiger partial charge on any atom is -0.368 e. The zero-order valence-corrected chi connectivity index (χ0v) is 15.4. The molecule has 1 unspecified atom stereocenters. The third kappa shape index (κ3) is 3.06. The number of hydrogen-bond acceptors (Lipinski definition) is 2. The zero-order chi connectivity index (χ0) is 18.4. The van der Waals surface area contributed by atoms with Crippen LogP contribution in [-0.4, -0.2) is 36.1 Å². The average Bonchev–Trinajstić information content (AvgIpc) is 3.29. The molecule has 140 valence electrons. The molecule has 2 aromatic carbocycles. The summed E-state index contributed by atoms with van der Waals surface area (Å²) >= 11 is 0. The van der Waals surface area contributed by atoms with Crippen LogP contribution in [0.5, 0.6) is 0 Å². The number of carbonyl (C=O) groups is 1. The van der Waals surface area contributed by atoms with Gasteiger partial charge in [-0.25, -0.2) is 4.39 Å². The first-order valence-corrected chi connectivity index (χ1v) is 9.90. The first kappa shape index (κ1) is 16.9. The van der Waals surface area contributed by atoms with Crippen LogP contribution in [-0.2, 0) is 16.0 Å². The summed E-state index contributed by atoms with van der Waals surface area (Å²) in [4.78, 5) is 14.8. The van der Waals surface area contributed by atoms with Gasteiger partial charge >= 0.3 is 0 Å². The number of rotatable bonds is 4. The van der Waals surface area contributed by atoms with Gasteiger partial charge in [0, 0.05) is 24.6 Å². The first-order chi connectivity index (χ1) is 13.2. The van der Waals surface area contributed by atoms with E-state index in [0.29, 0.717) is 24.2 Å². The van der Waals surface area contributed by atoms with Gasteiger partial charge in [-0.05, 0) is 42.2 Å². The second-order valence-electron chi connectivity index (χ2n) is 8.32. The number of nitrogens with zero attached hydrogens (tertiary/aromatic N) is 1. The Kier molecular flexibility index (Phi) is 4.05. The van der Waals surface area contributed by atoms with Gasteiger partial charge in [-0.2, -0.15) is 0 Å². The van der Waals surface area contributed by atoms with Crippen molar-refractivity contribution in [1.82, 2.24) is 4.90 Å². The number of amides is 1. The van der Waals surface area contributed by atoms with Gasteiger partial charge in [-0.1, -0.05) is 48.5 Å². The van der Waals surface area contributed by atoms with Gasteiger partial charge in [0.15, 0.2) is 0 Å². The van der Waals surface area contributed by atoms with Crippen molar-refractivity contribution < 1.29 is 13.9 Å². The number of likely N-dealkylation sites (tertiary alicyclic amines) is 1. The maximum absolute atomic E-state index is 15.3. The molecule has 1 spiro atoms.